The summed E-state index contributed by atoms with van der Waals surface area (Å²) >= 11 is 0. The number of hydrogen-bond donors (Lipinski definition) is 2. The molecule has 26 heavy (non-hydrogen) atoms. The Kier molecular flexibility index (Phi) is 5.07. The zero-order valence-corrected chi connectivity index (χ0v) is 14.2. The van der Waals surface area contributed by atoms with Gasteiger partial charge in [-0.25, -0.2) is 10.1 Å². The number of phenols is 1. The number of benzene rings is 2. The fourth-order valence-electron chi connectivity index (χ4n) is 2.58. The molecule has 0 saturated carbocycles. The Morgan fingerprint density at radius 3 is 2.62 bits per heavy atom. The van der Waals surface area contributed by atoms with Crippen LogP contribution in [0.3, 0.4) is 0 Å². The number of aryl methyl sites for hydroxylation is 1. The molecule has 7 nitrogen and oxygen atoms in total. The van der Waals surface area contributed by atoms with E-state index in [-0.39, 0.29) is 17.0 Å². The second kappa shape index (κ2) is 7.60. The van der Waals surface area contributed by atoms with E-state index in [1.165, 1.54) is 17.0 Å². The van der Waals surface area contributed by atoms with Gasteiger partial charge >= 0.3 is 0 Å². The van der Waals surface area contributed by atoms with Crippen molar-refractivity contribution in [3.8, 4) is 5.75 Å². The Hall–Kier alpha value is -3.48. The molecule has 2 N–H and O–H groups in total. The Morgan fingerprint density at radius 1 is 1.19 bits per heavy atom. The maximum absolute atomic E-state index is 12.5. The van der Waals surface area contributed by atoms with E-state index in [0.29, 0.717) is 22.9 Å². The summed E-state index contributed by atoms with van der Waals surface area (Å²) < 4.78 is 1.30. The molecule has 132 valence electrons. The zero-order valence-electron chi connectivity index (χ0n) is 14.2. The number of phenolic OH excluding ortho intramolecular Hbond substituents is 1. The monoisotopic (exact) mass is 350 g/mol. The Bertz CT molecular complexity index is 1040. The van der Waals surface area contributed by atoms with Crippen LogP contribution < -0.4 is 11.0 Å². The lowest BCUT2D eigenvalue weighted by Gasteiger charge is -2.09. The average Bonchev–Trinajstić information content (AvgIpc) is 2.65. The van der Waals surface area contributed by atoms with E-state index in [1.54, 1.807) is 42.5 Å². The van der Waals surface area contributed by atoms with Gasteiger partial charge in [0.1, 0.15) is 5.75 Å². The highest BCUT2D eigenvalue weighted by Gasteiger charge is 2.16. The molecular formula is C19H18N4O3. The molecule has 0 unspecified atom stereocenters. The lowest BCUT2D eigenvalue weighted by molar-refractivity contribution is 0.0949. The summed E-state index contributed by atoms with van der Waals surface area (Å²) in [5.41, 5.74) is 2.77. The van der Waals surface area contributed by atoms with Crippen LogP contribution in [0, 0.1) is 0 Å². The number of fused-ring (bicyclic) bond motifs is 1. The molecule has 7 heteroatoms. The van der Waals surface area contributed by atoms with Crippen LogP contribution in [-0.4, -0.2) is 27.0 Å². The Labute approximate surface area is 149 Å². The van der Waals surface area contributed by atoms with Crippen LogP contribution >= 0.6 is 0 Å². The van der Waals surface area contributed by atoms with Crippen molar-refractivity contribution in [1.82, 2.24) is 15.2 Å². The highest BCUT2D eigenvalue weighted by Crippen LogP contribution is 2.14. The molecule has 0 bridgehead atoms. The first-order valence-corrected chi connectivity index (χ1v) is 8.23. The van der Waals surface area contributed by atoms with Gasteiger partial charge in [-0.15, -0.1) is 0 Å². The second-order valence-electron chi connectivity index (χ2n) is 5.68. The molecule has 0 aliphatic rings. The molecule has 0 radical (unpaired) electrons. The van der Waals surface area contributed by atoms with Crippen LogP contribution in [-0.2, 0) is 6.54 Å². The van der Waals surface area contributed by atoms with Gasteiger partial charge in [-0.2, -0.15) is 10.2 Å². The highest BCUT2D eigenvalue weighted by molar-refractivity contribution is 6.05. The number of nitrogens with one attached hydrogen (secondary N) is 1. The molecule has 0 spiro atoms. The molecule has 1 heterocycles. The van der Waals surface area contributed by atoms with E-state index in [1.807, 2.05) is 6.92 Å². The lowest BCUT2D eigenvalue weighted by atomic mass is 10.1. The maximum Gasteiger partial charge on any atom is 0.292 e. The van der Waals surface area contributed by atoms with Crippen molar-refractivity contribution < 1.29 is 9.90 Å². The van der Waals surface area contributed by atoms with E-state index in [0.717, 1.165) is 6.42 Å². The first kappa shape index (κ1) is 17.3. The fraction of sp³-hybridized carbons (Fsp3) is 0.158. The van der Waals surface area contributed by atoms with Gasteiger partial charge in [-0.1, -0.05) is 37.3 Å². The van der Waals surface area contributed by atoms with Crippen molar-refractivity contribution in [2.45, 2.75) is 19.9 Å². The minimum atomic E-state index is -0.530. The van der Waals surface area contributed by atoms with Crippen LogP contribution in [0.15, 0.2) is 58.4 Å². The molecule has 2 aromatic carbocycles. The van der Waals surface area contributed by atoms with Crippen molar-refractivity contribution in [3.05, 3.63) is 70.1 Å². The van der Waals surface area contributed by atoms with Crippen LogP contribution in [0.5, 0.6) is 5.75 Å². The quantitative estimate of drug-likeness (QED) is 0.545. The van der Waals surface area contributed by atoms with Crippen LogP contribution in [0.25, 0.3) is 10.8 Å². The first-order valence-electron chi connectivity index (χ1n) is 8.23. The topological polar surface area (TPSA) is 96.6 Å². The maximum atomic E-state index is 12.5. The minimum Gasteiger partial charge on any atom is -0.507 e. The van der Waals surface area contributed by atoms with Crippen molar-refractivity contribution in [3.63, 3.8) is 0 Å². The van der Waals surface area contributed by atoms with E-state index >= 15 is 0 Å². The first-order chi connectivity index (χ1) is 12.6. The zero-order chi connectivity index (χ0) is 18.5. The number of carbonyl (C=O) groups excluding carboxylic acids is 1. The average molecular weight is 350 g/mol. The molecule has 3 rings (SSSR count). The number of hydrazone groups is 1. The molecule has 0 saturated heterocycles. The Morgan fingerprint density at radius 2 is 1.88 bits per heavy atom. The molecular weight excluding hydrogens is 332 g/mol. The smallest absolute Gasteiger partial charge is 0.292 e. The van der Waals surface area contributed by atoms with E-state index in [4.69, 9.17) is 0 Å². The van der Waals surface area contributed by atoms with Gasteiger partial charge in [0.05, 0.1) is 11.6 Å². The molecule has 1 amide bonds. The Balaban J connectivity index is 1.94. The lowest BCUT2D eigenvalue weighted by Crippen LogP contribution is -2.29. The van der Waals surface area contributed by atoms with Gasteiger partial charge in [-0.3, -0.25) is 9.59 Å². The van der Waals surface area contributed by atoms with Crippen molar-refractivity contribution >= 4 is 22.9 Å². The standard InChI is InChI=1S/C19H18N4O3/c1-2-11-23-19(26)15-9-5-4-8-14(15)17(22-23)18(25)21-20-12-13-7-3-6-10-16(13)24/h3-10,12,24H,2,11H2,1H3,(H,21,25)/b20-12+. The number of carbonyl (C=O) groups is 1. The summed E-state index contributed by atoms with van der Waals surface area (Å²) in [7, 11) is 0. The largest absolute Gasteiger partial charge is 0.507 e. The van der Waals surface area contributed by atoms with Crippen molar-refractivity contribution in [2.75, 3.05) is 0 Å². The SMILES string of the molecule is CCCn1nc(C(=O)N/N=C/c2ccccc2O)c2ccccc2c1=O. The number of nitrogens with zero attached hydrogens (tertiary/aromatic N) is 3. The summed E-state index contributed by atoms with van der Waals surface area (Å²) in [6.45, 7) is 2.35. The fourth-order valence-corrected chi connectivity index (χ4v) is 2.58. The van der Waals surface area contributed by atoms with Crippen molar-refractivity contribution in [1.29, 1.82) is 0 Å². The van der Waals surface area contributed by atoms with Gasteiger partial charge in [0.25, 0.3) is 11.5 Å². The van der Waals surface area contributed by atoms with Crippen LogP contribution in [0.4, 0.5) is 0 Å². The summed E-state index contributed by atoms with van der Waals surface area (Å²) in [6, 6.07) is 13.5. The molecule has 0 aliphatic heterocycles. The predicted molar refractivity (Wildman–Crippen MR) is 99.5 cm³/mol. The third-order valence-electron chi connectivity index (χ3n) is 3.82. The van der Waals surface area contributed by atoms with E-state index in [9.17, 15) is 14.7 Å². The third kappa shape index (κ3) is 3.46. The summed E-state index contributed by atoms with van der Waals surface area (Å²) in [5.74, 6) is -0.469. The van der Waals surface area contributed by atoms with Gasteiger partial charge in [0.2, 0.25) is 0 Å². The number of para-hydroxylation sites is 1. The molecule has 0 aliphatic carbocycles. The number of amides is 1. The molecule has 3 aromatic rings. The molecule has 0 fully saturated rings. The predicted octanol–water partition coefficient (Wildman–Crippen LogP) is 2.28. The number of rotatable bonds is 5. The summed E-state index contributed by atoms with van der Waals surface area (Å²) in [4.78, 5) is 25.0. The van der Waals surface area contributed by atoms with Gasteiger partial charge < -0.3 is 5.11 Å². The van der Waals surface area contributed by atoms with Crippen LogP contribution in [0.2, 0.25) is 0 Å². The number of aromatic hydroxyl groups is 1. The third-order valence-corrected chi connectivity index (χ3v) is 3.82. The van der Waals surface area contributed by atoms with E-state index in [2.05, 4.69) is 15.6 Å². The van der Waals surface area contributed by atoms with Gasteiger partial charge in [-0.05, 0) is 24.6 Å². The second-order valence-corrected chi connectivity index (χ2v) is 5.68. The number of hydrogen-bond acceptors (Lipinski definition) is 5. The summed E-state index contributed by atoms with van der Waals surface area (Å²) in [5, 5.41) is 18.7. The summed E-state index contributed by atoms with van der Waals surface area (Å²) in [6.07, 6.45) is 2.06. The van der Waals surface area contributed by atoms with Gasteiger partial charge in [0.15, 0.2) is 5.69 Å². The minimum absolute atomic E-state index is 0.0607. The normalized spacial score (nSPS) is 11.1. The molecule has 0 atom stereocenters. The van der Waals surface area contributed by atoms with Gasteiger partial charge in [0, 0.05) is 17.5 Å². The highest BCUT2D eigenvalue weighted by atomic mass is 16.3. The number of aromatic nitrogens is 2. The molecule has 1 aromatic heterocycles. The van der Waals surface area contributed by atoms with E-state index < -0.39 is 5.91 Å². The van der Waals surface area contributed by atoms with Crippen molar-refractivity contribution in [2.24, 2.45) is 5.10 Å². The van der Waals surface area contributed by atoms with Crippen LogP contribution in [0.1, 0.15) is 29.4 Å².